The largest absolute Gasteiger partial charge is 0.356 e. The topological polar surface area (TPSA) is 49.4 Å². The number of hydrogen-bond donors (Lipinski definition) is 1. The van der Waals surface area contributed by atoms with Gasteiger partial charge in [0.15, 0.2) is 0 Å². The number of nitrogens with one attached hydrogen (secondary N) is 1. The van der Waals surface area contributed by atoms with Crippen LogP contribution in [-0.2, 0) is 22.4 Å². The summed E-state index contributed by atoms with van der Waals surface area (Å²) in [6, 6.07) is 8.97. The molecule has 1 N–H and O–H groups in total. The van der Waals surface area contributed by atoms with Gasteiger partial charge in [0, 0.05) is 37.9 Å². The fourth-order valence-corrected chi connectivity index (χ4v) is 3.23. The van der Waals surface area contributed by atoms with Crippen molar-refractivity contribution in [2.24, 2.45) is 5.92 Å². The fourth-order valence-electron chi connectivity index (χ4n) is 3.23. The summed E-state index contributed by atoms with van der Waals surface area (Å²) in [5.74, 6) is 0.639. The highest BCUT2D eigenvalue weighted by molar-refractivity contribution is 5.80. The number of likely N-dealkylation sites (tertiary alicyclic amines) is 1. The second-order valence-corrected chi connectivity index (χ2v) is 6.82. The van der Waals surface area contributed by atoms with Gasteiger partial charge in [0.2, 0.25) is 11.8 Å². The highest BCUT2D eigenvalue weighted by Gasteiger charge is 2.39. The molecule has 1 saturated heterocycles. The van der Waals surface area contributed by atoms with Gasteiger partial charge < -0.3 is 10.2 Å². The molecule has 0 aromatic heterocycles. The van der Waals surface area contributed by atoms with Crippen molar-refractivity contribution in [1.29, 1.82) is 0 Å². The molecule has 2 fully saturated rings. The Morgan fingerprint density at radius 1 is 1.22 bits per heavy atom. The molecule has 3 rings (SSSR count). The van der Waals surface area contributed by atoms with E-state index in [1.54, 1.807) is 0 Å². The molecule has 1 aliphatic heterocycles. The lowest BCUT2D eigenvalue weighted by Crippen LogP contribution is -2.32. The van der Waals surface area contributed by atoms with E-state index in [-0.39, 0.29) is 17.7 Å². The van der Waals surface area contributed by atoms with Gasteiger partial charge in [-0.05, 0) is 36.8 Å². The lowest BCUT2D eigenvalue weighted by molar-refractivity contribution is -0.128. The molecule has 2 aliphatic rings. The molecule has 4 nitrogen and oxygen atoms in total. The zero-order chi connectivity index (χ0) is 16.2. The molecule has 1 aromatic carbocycles. The van der Waals surface area contributed by atoms with Crippen molar-refractivity contribution in [3.63, 3.8) is 0 Å². The molecule has 0 spiro atoms. The van der Waals surface area contributed by atoms with E-state index in [2.05, 4.69) is 36.5 Å². The van der Waals surface area contributed by atoms with Gasteiger partial charge in [-0.1, -0.05) is 31.2 Å². The number of hydrogen-bond acceptors (Lipinski definition) is 2. The van der Waals surface area contributed by atoms with Crippen molar-refractivity contribution in [3.8, 4) is 0 Å². The van der Waals surface area contributed by atoms with Gasteiger partial charge in [0.1, 0.15) is 0 Å². The first-order chi connectivity index (χ1) is 11.2. The predicted molar refractivity (Wildman–Crippen MR) is 90.0 cm³/mol. The molecular formula is C19H26N2O2. The van der Waals surface area contributed by atoms with Crippen LogP contribution in [0.3, 0.4) is 0 Å². The fraction of sp³-hybridized carbons (Fsp3) is 0.579. The molecule has 4 heteroatoms. The van der Waals surface area contributed by atoms with E-state index in [9.17, 15) is 9.59 Å². The van der Waals surface area contributed by atoms with E-state index in [4.69, 9.17) is 0 Å². The minimum Gasteiger partial charge on any atom is -0.356 e. The molecule has 1 unspecified atom stereocenters. The van der Waals surface area contributed by atoms with E-state index in [0.717, 1.165) is 32.2 Å². The van der Waals surface area contributed by atoms with Crippen LogP contribution >= 0.6 is 0 Å². The number of amides is 2. The van der Waals surface area contributed by atoms with E-state index < -0.39 is 0 Å². The Bertz CT molecular complexity index is 563. The van der Waals surface area contributed by atoms with Gasteiger partial charge >= 0.3 is 0 Å². The summed E-state index contributed by atoms with van der Waals surface area (Å²) in [6.45, 7) is 3.59. The van der Waals surface area contributed by atoms with E-state index >= 15 is 0 Å². The summed E-state index contributed by atoms with van der Waals surface area (Å²) >= 11 is 0. The first kappa shape index (κ1) is 16.0. The first-order valence-electron chi connectivity index (χ1n) is 8.79. The predicted octanol–water partition coefficient (Wildman–Crippen LogP) is 2.31. The maximum absolute atomic E-state index is 12.0. The van der Waals surface area contributed by atoms with Crippen molar-refractivity contribution < 1.29 is 9.59 Å². The van der Waals surface area contributed by atoms with Gasteiger partial charge in [-0.3, -0.25) is 9.59 Å². The van der Waals surface area contributed by atoms with Gasteiger partial charge in [0.25, 0.3) is 0 Å². The third-order valence-corrected chi connectivity index (χ3v) is 4.89. The number of carbonyl (C=O) groups excluding carboxylic acids is 2. The van der Waals surface area contributed by atoms with Crippen molar-refractivity contribution in [3.05, 3.63) is 35.4 Å². The Morgan fingerprint density at radius 2 is 1.91 bits per heavy atom. The second kappa shape index (κ2) is 7.16. The van der Waals surface area contributed by atoms with E-state index in [1.807, 2.05) is 4.90 Å². The SMILES string of the molecule is CCc1ccc(CCC(=O)NCC2CC(=O)N(C3CC3)C2)cc1. The van der Waals surface area contributed by atoms with Crippen LogP contribution in [0, 0.1) is 5.92 Å². The molecule has 0 bridgehead atoms. The summed E-state index contributed by atoms with van der Waals surface area (Å²) in [6.07, 6.45) is 5.23. The summed E-state index contributed by atoms with van der Waals surface area (Å²) in [4.78, 5) is 25.9. The monoisotopic (exact) mass is 314 g/mol. The lowest BCUT2D eigenvalue weighted by atomic mass is 10.1. The highest BCUT2D eigenvalue weighted by Crippen LogP contribution is 2.32. The minimum atomic E-state index is 0.0851. The zero-order valence-electron chi connectivity index (χ0n) is 13.9. The second-order valence-electron chi connectivity index (χ2n) is 6.82. The Hall–Kier alpha value is -1.84. The maximum Gasteiger partial charge on any atom is 0.223 e. The number of nitrogens with zero attached hydrogens (tertiary/aromatic N) is 1. The molecule has 1 aliphatic carbocycles. The quantitative estimate of drug-likeness (QED) is 0.839. The molecule has 0 radical (unpaired) electrons. The molecular weight excluding hydrogens is 288 g/mol. The Morgan fingerprint density at radius 3 is 2.57 bits per heavy atom. The normalized spacial score (nSPS) is 20.8. The summed E-state index contributed by atoms with van der Waals surface area (Å²) in [5, 5.41) is 3.00. The molecule has 1 saturated carbocycles. The smallest absolute Gasteiger partial charge is 0.223 e. The van der Waals surface area contributed by atoms with Gasteiger partial charge in [0.05, 0.1) is 0 Å². The van der Waals surface area contributed by atoms with Crippen LogP contribution in [0.25, 0.3) is 0 Å². The third kappa shape index (κ3) is 4.34. The van der Waals surface area contributed by atoms with Gasteiger partial charge in [-0.25, -0.2) is 0 Å². The standard InChI is InChI=1S/C19H26N2O2/c1-2-14-3-5-15(6-4-14)7-10-18(22)20-12-16-11-19(23)21(13-16)17-8-9-17/h3-6,16-17H,2,7-13H2,1H3,(H,20,22). The van der Waals surface area contributed by atoms with E-state index in [1.165, 1.54) is 11.1 Å². The average Bonchev–Trinajstić information content (AvgIpc) is 3.34. The van der Waals surface area contributed by atoms with Gasteiger partial charge in [-0.15, -0.1) is 0 Å². The summed E-state index contributed by atoms with van der Waals surface area (Å²) in [7, 11) is 0. The minimum absolute atomic E-state index is 0.0851. The Labute approximate surface area is 138 Å². The van der Waals surface area contributed by atoms with Crippen molar-refractivity contribution in [2.75, 3.05) is 13.1 Å². The first-order valence-corrected chi connectivity index (χ1v) is 8.79. The Balaban J connectivity index is 1.37. The number of rotatable bonds is 7. The van der Waals surface area contributed by atoms with Crippen LogP contribution < -0.4 is 5.32 Å². The highest BCUT2D eigenvalue weighted by atomic mass is 16.2. The number of aryl methyl sites for hydroxylation is 2. The van der Waals surface area contributed by atoms with Gasteiger partial charge in [-0.2, -0.15) is 0 Å². The molecule has 1 aromatic rings. The molecule has 2 amide bonds. The van der Waals surface area contributed by atoms with Crippen molar-refractivity contribution in [1.82, 2.24) is 10.2 Å². The summed E-state index contributed by atoms with van der Waals surface area (Å²) < 4.78 is 0. The van der Waals surface area contributed by atoms with Crippen LogP contribution in [0.2, 0.25) is 0 Å². The molecule has 124 valence electrons. The average molecular weight is 314 g/mol. The van der Waals surface area contributed by atoms with Crippen LogP contribution in [0.1, 0.15) is 43.7 Å². The van der Waals surface area contributed by atoms with Crippen LogP contribution in [0.5, 0.6) is 0 Å². The van der Waals surface area contributed by atoms with Crippen LogP contribution in [-0.4, -0.2) is 35.8 Å². The maximum atomic E-state index is 12.0. The lowest BCUT2D eigenvalue weighted by Gasteiger charge is -2.15. The van der Waals surface area contributed by atoms with Crippen molar-refractivity contribution in [2.45, 2.75) is 51.5 Å². The van der Waals surface area contributed by atoms with Crippen LogP contribution in [0.4, 0.5) is 0 Å². The summed E-state index contributed by atoms with van der Waals surface area (Å²) in [5.41, 5.74) is 2.53. The third-order valence-electron chi connectivity index (χ3n) is 4.89. The van der Waals surface area contributed by atoms with Crippen molar-refractivity contribution >= 4 is 11.8 Å². The number of benzene rings is 1. The molecule has 1 atom stereocenters. The van der Waals surface area contributed by atoms with Crippen LogP contribution in [0.15, 0.2) is 24.3 Å². The number of carbonyl (C=O) groups is 2. The molecule has 1 heterocycles. The Kier molecular flexibility index (Phi) is 4.99. The van der Waals surface area contributed by atoms with E-state index in [0.29, 0.717) is 25.4 Å². The zero-order valence-corrected chi connectivity index (χ0v) is 13.9. The molecule has 23 heavy (non-hydrogen) atoms.